The van der Waals surface area contributed by atoms with Gasteiger partial charge in [0.1, 0.15) is 0 Å². The molecule has 1 N–H and O–H groups in total. The standard InChI is InChI=1S/C11H13FN6O2S/c1-13-4-5-17-11(14-15-16-17)21-7-8-2-3-10(18(19)20)9(12)6-8/h2-3,6,13H,4-5,7H2,1H3. The largest absolute Gasteiger partial charge is 0.318 e. The summed E-state index contributed by atoms with van der Waals surface area (Å²) < 4.78 is 15.1. The summed E-state index contributed by atoms with van der Waals surface area (Å²) in [7, 11) is 1.83. The fourth-order valence-electron chi connectivity index (χ4n) is 1.59. The molecule has 0 spiro atoms. The molecule has 0 aliphatic heterocycles. The van der Waals surface area contributed by atoms with Crippen LogP contribution >= 0.6 is 11.8 Å². The number of aromatic nitrogens is 4. The lowest BCUT2D eigenvalue weighted by atomic mass is 10.2. The first-order valence-corrected chi connectivity index (χ1v) is 7.06. The summed E-state index contributed by atoms with van der Waals surface area (Å²) in [6.45, 7) is 1.35. The fourth-order valence-corrected chi connectivity index (χ4v) is 2.44. The summed E-state index contributed by atoms with van der Waals surface area (Å²) in [5, 5.41) is 25.5. The van der Waals surface area contributed by atoms with Crippen LogP contribution in [0.4, 0.5) is 10.1 Å². The number of hydrogen-bond acceptors (Lipinski definition) is 7. The quantitative estimate of drug-likeness (QED) is 0.466. The first-order chi connectivity index (χ1) is 10.1. The van der Waals surface area contributed by atoms with Crippen LogP contribution in [0.1, 0.15) is 5.56 Å². The predicted molar refractivity (Wildman–Crippen MR) is 74.4 cm³/mol. The van der Waals surface area contributed by atoms with E-state index >= 15 is 0 Å². The Hall–Kier alpha value is -2.07. The molecule has 2 rings (SSSR count). The SMILES string of the molecule is CNCCn1nnnc1SCc1ccc([N+](=O)[O-])c(F)c1. The number of hydrogen-bond donors (Lipinski definition) is 1. The lowest BCUT2D eigenvalue weighted by molar-refractivity contribution is -0.387. The zero-order chi connectivity index (χ0) is 15.2. The molecule has 0 bridgehead atoms. The topological polar surface area (TPSA) is 98.8 Å². The van der Waals surface area contributed by atoms with Crippen LogP contribution in [-0.2, 0) is 12.3 Å². The molecule has 1 aromatic carbocycles. The minimum atomic E-state index is -0.840. The molecule has 0 unspecified atom stereocenters. The van der Waals surface area contributed by atoms with Gasteiger partial charge in [0, 0.05) is 18.4 Å². The first kappa shape index (κ1) is 15.3. The van der Waals surface area contributed by atoms with Crippen LogP contribution in [0.15, 0.2) is 23.4 Å². The van der Waals surface area contributed by atoms with Crippen LogP contribution in [0.2, 0.25) is 0 Å². The Morgan fingerprint density at radius 2 is 2.33 bits per heavy atom. The van der Waals surface area contributed by atoms with Crippen molar-refractivity contribution in [2.24, 2.45) is 0 Å². The third-order valence-electron chi connectivity index (χ3n) is 2.65. The maximum Gasteiger partial charge on any atom is 0.304 e. The molecule has 2 aromatic rings. The van der Waals surface area contributed by atoms with Crippen molar-refractivity contribution in [2.75, 3.05) is 13.6 Å². The van der Waals surface area contributed by atoms with Crippen molar-refractivity contribution in [1.29, 1.82) is 0 Å². The van der Waals surface area contributed by atoms with Gasteiger partial charge in [-0.05, 0) is 29.1 Å². The second-order valence-electron chi connectivity index (χ2n) is 4.12. The van der Waals surface area contributed by atoms with Crippen LogP contribution in [0, 0.1) is 15.9 Å². The molecule has 1 aromatic heterocycles. The Bertz CT molecular complexity index is 635. The van der Waals surface area contributed by atoms with E-state index in [1.165, 1.54) is 17.8 Å². The van der Waals surface area contributed by atoms with Crippen molar-refractivity contribution in [3.8, 4) is 0 Å². The van der Waals surface area contributed by atoms with Gasteiger partial charge in [-0.15, -0.1) is 5.10 Å². The number of tetrazole rings is 1. The summed E-state index contributed by atoms with van der Waals surface area (Å²) >= 11 is 1.34. The summed E-state index contributed by atoms with van der Waals surface area (Å²) in [6.07, 6.45) is 0. The highest BCUT2D eigenvalue weighted by Crippen LogP contribution is 2.23. The minimum Gasteiger partial charge on any atom is -0.318 e. The van der Waals surface area contributed by atoms with Crippen LogP contribution in [0.25, 0.3) is 0 Å². The van der Waals surface area contributed by atoms with Gasteiger partial charge in [0.25, 0.3) is 0 Å². The van der Waals surface area contributed by atoms with Crippen molar-refractivity contribution >= 4 is 17.4 Å². The third kappa shape index (κ3) is 3.95. The van der Waals surface area contributed by atoms with Crippen LogP contribution in [0.3, 0.4) is 0 Å². The van der Waals surface area contributed by atoms with E-state index in [1.807, 2.05) is 7.05 Å². The van der Waals surface area contributed by atoms with Crippen LogP contribution in [0.5, 0.6) is 0 Å². The number of nitrogens with one attached hydrogen (secondary N) is 1. The minimum absolute atomic E-state index is 0.425. The highest BCUT2D eigenvalue weighted by atomic mass is 32.2. The number of nitro benzene ring substituents is 1. The second-order valence-corrected chi connectivity index (χ2v) is 5.06. The number of rotatable bonds is 7. The summed E-state index contributed by atoms with van der Waals surface area (Å²) in [4.78, 5) is 9.80. The third-order valence-corrected chi connectivity index (χ3v) is 3.68. The van der Waals surface area contributed by atoms with E-state index in [-0.39, 0.29) is 0 Å². The molecular formula is C11H13FN6O2S. The van der Waals surface area contributed by atoms with E-state index in [9.17, 15) is 14.5 Å². The van der Waals surface area contributed by atoms with Crippen LogP contribution < -0.4 is 5.32 Å². The van der Waals surface area contributed by atoms with E-state index in [4.69, 9.17) is 0 Å². The average molecular weight is 312 g/mol. The number of likely N-dealkylation sites (N-methyl/N-ethyl adjacent to an activating group) is 1. The molecule has 1 heterocycles. The summed E-state index contributed by atoms with van der Waals surface area (Å²) in [5.74, 6) is -0.414. The van der Waals surface area contributed by atoms with E-state index in [1.54, 1.807) is 4.68 Å². The zero-order valence-corrected chi connectivity index (χ0v) is 12.0. The summed E-state index contributed by atoms with van der Waals surface area (Å²) in [6, 6.07) is 3.85. The molecule has 8 nitrogen and oxygen atoms in total. The van der Waals surface area contributed by atoms with E-state index < -0.39 is 16.4 Å². The van der Waals surface area contributed by atoms with Crippen molar-refractivity contribution in [2.45, 2.75) is 17.5 Å². The van der Waals surface area contributed by atoms with E-state index in [0.717, 1.165) is 18.7 Å². The van der Waals surface area contributed by atoms with Gasteiger partial charge in [0.05, 0.1) is 11.5 Å². The van der Waals surface area contributed by atoms with E-state index in [2.05, 4.69) is 20.8 Å². The van der Waals surface area contributed by atoms with Gasteiger partial charge in [-0.2, -0.15) is 4.39 Å². The molecular weight excluding hydrogens is 299 g/mol. The molecule has 0 radical (unpaired) electrons. The molecule has 0 aliphatic rings. The highest BCUT2D eigenvalue weighted by Gasteiger charge is 2.14. The zero-order valence-electron chi connectivity index (χ0n) is 11.2. The fraction of sp³-hybridized carbons (Fsp3) is 0.364. The van der Waals surface area contributed by atoms with Crippen molar-refractivity contribution in [3.63, 3.8) is 0 Å². The molecule has 0 saturated carbocycles. The van der Waals surface area contributed by atoms with Gasteiger partial charge in [-0.25, -0.2) is 4.68 Å². The number of nitro groups is 1. The maximum atomic E-state index is 13.5. The highest BCUT2D eigenvalue weighted by molar-refractivity contribution is 7.98. The molecule has 0 saturated heterocycles. The molecule has 0 aliphatic carbocycles. The van der Waals surface area contributed by atoms with Gasteiger partial charge in [0.2, 0.25) is 11.0 Å². The lowest BCUT2D eigenvalue weighted by Crippen LogP contribution is -2.16. The molecule has 112 valence electrons. The number of nitrogens with zero attached hydrogens (tertiary/aromatic N) is 5. The molecule has 0 atom stereocenters. The Morgan fingerprint density at radius 3 is 3.00 bits per heavy atom. The molecule has 10 heteroatoms. The number of halogens is 1. The average Bonchev–Trinajstić information content (AvgIpc) is 2.90. The Balaban J connectivity index is 2.02. The molecule has 0 amide bonds. The van der Waals surface area contributed by atoms with Crippen LogP contribution in [-0.4, -0.2) is 38.7 Å². The lowest BCUT2D eigenvalue weighted by Gasteiger charge is -2.04. The van der Waals surface area contributed by atoms with Gasteiger partial charge in [0.15, 0.2) is 0 Å². The monoisotopic (exact) mass is 312 g/mol. The number of thioether (sulfide) groups is 1. The van der Waals surface area contributed by atoms with Gasteiger partial charge in [-0.1, -0.05) is 17.8 Å². The van der Waals surface area contributed by atoms with Crippen molar-refractivity contribution in [3.05, 3.63) is 39.7 Å². The van der Waals surface area contributed by atoms with Gasteiger partial charge < -0.3 is 5.32 Å². The van der Waals surface area contributed by atoms with Crippen molar-refractivity contribution in [1.82, 2.24) is 25.5 Å². The smallest absolute Gasteiger partial charge is 0.304 e. The Kier molecular flexibility index (Phi) is 5.17. The van der Waals surface area contributed by atoms with Crippen molar-refractivity contribution < 1.29 is 9.31 Å². The second kappa shape index (κ2) is 7.09. The Labute approximate surface area is 123 Å². The summed E-state index contributed by atoms with van der Waals surface area (Å²) in [5.41, 5.74) is 0.105. The van der Waals surface area contributed by atoms with Gasteiger partial charge >= 0.3 is 5.69 Å². The normalized spacial score (nSPS) is 10.8. The molecule has 21 heavy (non-hydrogen) atoms. The molecule has 0 fully saturated rings. The number of benzene rings is 1. The van der Waals surface area contributed by atoms with Gasteiger partial charge in [-0.3, -0.25) is 10.1 Å². The first-order valence-electron chi connectivity index (χ1n) is 6.08. The maximum absolute atomic E-state index is 13.5. The predicted octanol–water partition coefficient (Wildman–Crippen LogP) is 1.23. The Morgan fingerprint density at radius 1 is 1.52 bits per heavy atom. The van der Waals surface area contributed by atoms with E-state index in [0.29, 0.717) is 23.0 Å².